The maximum absolute atomic E-state index is 13.5. The van der Waals surface area contributed by atoms with Gasteiger partial charge in [-0.25, -0.2) is 9.18 Å². The number of nitrogens with zero attached hydrogens (tertiary/aromatic N) is 1. The number of halogens is 1. The van der Waals surface area contributed by atoms with Crippen LogP contribution in [0.2, 0.25) is 0 Å². The van der Waals surface area contributed by atoms with Gasteiger partial charge in [-0.1, -0.05) is 30.3 Å². The van der Waals surface area contributed by atoms with Crippen molar-refractivity contribution in [3.05, 3.63) is 59.9 Å². The Balaban J connectivity index is 1.81. The van der Waals surface area contributed by atoms with Crippen molar-refractivity contribution in [3.8, 4) is 0 Å². The number of anilines is 2. The van der Waals surface area contributed by atoms with Crippen molar-refractivity contribution in [2.75, 3.05) is 16.8 Å². The van der Waals surface area contributed by atoms with Crippen LogP contribution in [0.25, 0.3) is 0 Å². The summed E-state index contributed by atoms with van der Waals surface area (Å²) in [6, 6.07) is 13.6. The van der Waals surface area contributed by atoms with Crippen molar-refractivity contribution in [2.45, 2.75) is 6.42 Å². The Morgan fingerprint density at radius 1 is 1.11 bits per heavy atom. The van der Waals surface area contributed by atoms with Gasteiger partial charge in [0, 0.05) is 12.2 Å². The van der Waals surface area contributed by atoms with Crippen molar-refractivity contribution in [1.29, 1.82) is 0 Å². The zero-order valence-electron chi connectivity index (χ0n) is 10.3. The van der Waals surface area contributed by atoms with Gasteiger partial charge < -0.3 is 5.32 Å². The van der Waals surface area contributed by atoms with E-state index in [1.807, 2.05) is 24.3 Å². The van der Waals surface area contributed by atoms with Gasteiger partial charge in [0.25, 0.3) is 0 Å². The van der Waals surface area contributed by atoms with E-state index in [4.69, 9.17) is 0 Å². The molecule has 2 aromatic rings. The molecule has 0 fully saturated rings. The largest absolute Gasteiger partial charge is 0.326 e. The summed E-state index contributed by atoms with van der Waals surface area (Å²) in [7, 11) is 0. The van der Waals surface area contributed by atoms with E-state index in [0.717, 1.165) is 17.7 Å². The van der Waals surface area contributed by atoms with Crippen LogP contribution in [0.3, 0.4) is 0 Å². The molecule has 1 N–H and O–H groups in total. The Morgan fingerprint density at radius 3 is 2.68 bits per heavy atom. The third-order valence-electron chi connectivity index (χ3n) is 3.25. The summed E-state index contributed by atoms with van der Waals surface area (Å²) in [5.41, 5.74) is 2.25. The number of rotatable bonds is 1. The maximum Gasteiger partial charge on any atom is 0.326 e. The van der Waals surface area contributed by atoms with Crippen LogP contribution < -0.4 is 10.2 Å². The molecule has 0 saturated carbocycles. The highest BCUT2D eigenvalue weighted by atomic mass is 19.1. The Hall–Kier alpha value is -2.36. The number of hydrogen-bond acceptors (Lipinski definition) is 1. The van der Waals surface area contributed by atoms with E-state index >= 15 is 0 Å². The lowest BCUT2D eigenvalue weighted by Crippen LogP contribution is -2.33. The normalized spacial score (nSPS) is 13.2. The fraction of sp³-hybridized carbons (Fsp3) is 0.133. The highest BCUT2D eigenvalue weighted by Crippen LogP contribution is 2.28. The van der Waals surface area contributed by atoms with Crippen LogP contribution in [0.4, 0.5) is 20.6 Å². The Bertz CT molecular complexity index is 627. The molecule has 1 aliphatic heterocycles. The molecule has 2 amide bonds. The highest BCUT2D eigenvalue weighted by molar-refractivity contribution is 6.03. The summed E-state index contributed by atoms with van der Waals surface area (Å²) >= 11 is 0. The molecule has 0 unspecified atom stereocenters. The zero-order chi connectivity index (χ0) is 13.2. The summed E-state index contributed by atoms with van der Waals surface area (Å²) < 4.78 is 13.5. The second-order valence-corrected chi connectivity index (χ2v) is 4.44. The Morgan fingerprint density at radius 2 is 1.84 bits per heavy atom. The number of carbonyl (C=O) groups is 1. The quantitative estimate of drug-likeness (QED) is 0.833. The molecular formula is C15H13FN2O. The first-order valence-corrected chi connectivity index (χ1v) is 6.16. The monoisotopic (exact) mass is 256 g/mol. The molecule has 19 heavy (non-hydrogen) atoms. The van der Waals surface area contributed by atoms with Crippen LogP contribution in [0.1, 0.15) is 5.56 Å². The number of amides is 2. The standard InChI is InChI=1S/C15H13FN2O/c16-12-6-2-3-7-13(12)17-15(19)18-10-9-11-5-1-4-8-14(11)18/h1-8H,9-10H2,(H,17,19). The van der Waals surface area contributed by atoms with Crippen molar-refractivity contribution in [1.82, 2.24) is 0 Å². The highest BCUT2D eigenvalue weighted by Gasteiger charge is 2.24. The lowest BCUT2D eigenvalue weighted by Gasteiger charge is -2.18. The van der Waals surface area contributed by atoms with E-state index in [1.54, 1.807) is 23.1 Å². The van der Waals surface area contributed by atoms with E-state index in [9.17, 15) is 9.18 Å². The van der Waals surface area contributed by atoms with Gasteiger partial charge in [0.15, 0.2) is 0 Å². The van der Waals surface area contributed by atoms with Crippen LogP contribution in [0.15, 0.2) is 48.5 Å². The molecule has 0 saturated heterocycles. The van der Waals surface area contributed by atoms with Gasteiger partial charge in [-0.05, 0) is 30.2 Å². The van der Waals surface area contributed by atoms with E-state index in [0.29, 0.717) is 6.54 Å². The average Bonchev–Trinajstić information content (AvgIpc) is 2.85. The van der Waals surface area contributed by atoms with Crippen LogP contribution >= 0.6 is 0 Å². The van der Waals surface area contributed by atoms with Gasteiger partial charge in [0.2, 0.25) is 0 Å². The fourth-order valence-electron chi connectivity index (χ4n) is 2.29. The minimum Gasteiger partial charge on any atom is -0.305 e. The van der Waals surface area contributed by atoms with Crippen LogP contribution in [-0.4, -0.2) is 12.6 Å². The third kappa shape index (κ3) is 2.17. The number of benzene rings is 2. The summed E-state index contributed by atoms with van der Waals surface area (Å²) in [5.74, 6) is -0.427. The lowest BCUT2D eigenvalue weighted by molar-refractivity contribution is 0.257. The minimum absolute atomic E-state index is 0.205. The fourth-order valence-corrected chi connectivity index (χ4v) is 2.29. The molecule has 1 aliphatic rings. The molecule has 4 heteroatoms. The van der Waals surface area contributed by atoms with Crippen molar-refractivity contribution >= 4 is 17.4 Å². The summed E-state index contributed by atoms with van der Waals surface area (Å²) in [4.78, 5) is 13.8. The predicted molar refractivity (Wildman–Crippen MR) is 72.9 cm³/mol. The molecule has 0 atom stereocenters. The predicted octanol–water partition coefficient (Wildman–Crippen LogP) is 3.42. The molecule has 3 rings (SSSR count). The topological polar surface area (TPSA) is 32.3 Å². The zero-order valence-corrected chi connectivity index (χ0v) is 10.3. The van der Waals surface area contributed by atoms with Gasteiger partial charge in [0.1, 0.15) is 5.82 Å². The number of fused-ring (bicyclic) bond motifs is 1. The molecule has 0 spiro atoms. The molecule has 0 aliphatic carbocycles. The summed E-state index contributed by atoms with van der Waals surface area (Å²) in [5, 5.41) is 2.61. The second kappa shape index (κ2) is 4.72. The van der Waals surface area contributed by atoms with Crippen LogP contribution in [-0.2, 0) is 6.42 Å². The van der Waals surface area contributed by atoms with E-state index in [2.05, 4.69) is 5.32 Å². The maximum atomic E-state index is 13.5. The number of urea groups is 1. The molecule has 96 valence electrons. The van der Waals surface area contributed by atoms with Gasteiger partial charge in [-0.2, -0.15) is 0 Å². The first-order valence-electron chi connectivity index (χ1n) is 6.16. The molecule has 0 radical (unpaired) electrons. The summed E-state index contributed by atoms with van der Waals surface area (Å²) in [6.07, 6.45) is 0.834. The van der Waals surface area contributed by atoms with E-state index in [1.165, 1.54) is 6.07 Å². The lowest BCUT2D eigenvalue weighted by atomic mass is 10.2. The van der Waals surface area contributed by atoms with E-state index in [-0.39, 0.29) is 11.7 Å². The summed E-state index contributed by atoms with van der Waals surface area (Å²) in [6.45, 7) is 0.625. The van der Waals surface area contributed by atoms with Gasteiger partial charge in [0.05, 0.1) is 5.69 Å². The van der Waals surface area contributed by atoms with Gasteiger partial charge in [-0.3, -0.25) is 4.90 Å². The first kappa shape index (κ1) is 11.7. The molecule has 2 aromatic carbocycles. The molecule has 0 bridgehead atoms. The van der Waals surface area contributed by atoms with E-state index < -0.39 is 5.82 Å². The van der Waals surface area contributed by atoms with Crippen molar-refractivity contribution < 1.29 is 9.18 Å². The number of nitrogens with one attached hydrogen (secondary N) is 1. The number of para-hydroxylation sites is 2. The Labute approximate surface area is 110 Å². The average molecular weight is 256 g/mol. The van der Waals surface area contributed by atoms with Crippen LogP contribution in [0, 0.1) is 5.82 Å². The molecular weight excluding hydrogens is 243 g/mol. The molecule has 3 nitrogen and oxygen atoms in total. The molecule has 1 heterocycles. The Kier molecular flexibility index (Phi) is 2.91. The first-order chi connectivity index (χ1) is 9.25. The SMILES string of the molecule is O=C(Nc1ccccc1F)N1CCc2ccccc21. The van der Waals surface area contributed by atoms with Gasteiger partial charge in [-0.15, -0.1) is 0 Å². The van der Waals surface area contributed by atoms with Crippen molar-refractivity contribution in [3.63, 3.8) is 0 Å². The number of carbonyl (C=O) groups excluding carboxylic acids is 1. The van der Waals surface area contributed by atoms with Gasteiger partial charge >= 0.3 is 6.03 Å². The third-order valence-corrected chi connectivity index (χ3v) is 3.25. The smallest absolute Gasteiger partial charge is 0.305 e. The number of hydrogen-bond donors (Lipinski definition) is 1. The molecule has 0 aromatic heterocycles. The van der Waals surface area contributed by atoms with Crippen LogP contribution in [0.5, 0.6) is 0 Å². The minimum atomic E-state index is -0.427. The van der Waals surface area contributed by atoms with Crippen molar-refractivity contribution in [2.24, 2.45) is 0 Å². The second-order valence-electron chi connectivity index (χ2n) is 4.44.